The van der Waals surface area contributed by atoms with Gasteiger partial charge in [-0.25, -0.2) is 0 Å². The first-order valence-corrected chi connectivity index (χ1v) is 7.99. The van der Waals surface area contributed by atoms with Crippen molar-refractivity contribution < 1.29 is 0 Å². The molecule has 0 heterocycles. The SMILES string of the molecule is CCc1ccc(CC)c(C(N)c2cc(C)ccc2Br)c1. The van der Waals surface area contributed by atoms with Crippen molar-refractivity contribution in [3.63, 3.8) is 0 Å². The van der Waals surface area contributed by atoms with Crippen LogP contribution in [0.4, 0.5) is 0 Å². The predicted molar refractivity (Wildman–Crippen MR) is 90.1 cm³/mol. The standard InChI is InChI=1S/C18H22BrN/c1-4-13-7-8-14(5-2)15(11-13)18(20)16-10-12(3)6-9-17(16)19/h6-11,18H,4-5,20H2,1-3H3. The zero-order valence-electron chi connectivity index (χ0n) is 12.4. The molecule has 0 aliphatic carbocycles. The second kappa shape index (κ2) is 6.55. The predicted octanol–water partition coefficient (Wildman–Crippen LogP) is 4.93. The molecule has 106 valence electrons. The Morgan fingerprint density at radius 3 is 2.40 bits per heavy atom. The highest BCUT2D eigenvalue weighted by molar-refractivity contribution is 9.10. The van der Waals surface area contributed by atoms with Crippen LogP contribution in [-0.4, -0.2) is 0 Å². The van der Waals surface area contributed by atoms with Gasteiger partial charge >= 0.3 is 0 Å². The maximum atomic E-state index is 6.56. The lowest BCUT2D eigenvalue weighted by molar-refractivity contribution is 0.839. The minimum absolute atomic E-state index is 0.0780. The average molecular weight is 332 g/mol. The third-order valence-electron chi connectivity index (χ3n) is 3.82. The van der Waals surface area contributed by atoms with Gasteiger partial charge in [0.15, 0.2) is 0 Å². The van der Waals surface area contributed by atoms with Crippen molar-refractivity contribution in [2.75, 3.05) is 0 Å². The summed E-state index contributed by atoms with van der Waals surface area (Å²) in [6, 6.07) is 13.0. The summed E-state index contributed by atoms with van der Waals surface area (Å²) in [7, 11) is 0. The van der Waals surface area contributed by atoms with E-state index in [0.29, 0.717) is 0 Å². The molecule has 20 heavy (non-hydrogen) atoms. The van der Waals surface area contributed by atoms with Gasteiger partial charge in [-0.1, -0.05) is 65.7 Å². The molecule has 1 atom stereocenters. The molecule has 2 N–H and O–H groups in total. The normalized spacial score (nSPS) is 12.4. The van der Waals surface area contributed by atoms with Crippen LogP contribution in [0.3, 0.4) is 0 Å². The molecule has 1 nitrogen and oxygen atoms in total. The van der Waals surface area contributed by atoms with E-state index in [2.05, 4.69) is 73.1 Å². The summed E-state index contributed by atoms with van der Waals surface area (Å²) in [6.07, 6.45) is 2.05. The summed E-state index contributed by atoms with van der Waals surface area (Å²) in [6.45, 7) is 6.47. The van der Waals surface area contributed by atoms with E-state index in [0.717, 1.165) is 22.9 Å². The van der Waals surface area contributed by atoms with Crippen LogP contribution in [0.1, 0.15) is 47.7 Å². The maximum absolute atomic E-state index is 6.56. The van der Waals surface area contributed by atoms with Crippen LogP contribution >= 0.6 is 15.9 Å². The van der Waals surface area contributed by atoms with Crippen molar-refractivity contribution >= 4 is 15.9 Å². The summed E-state index contributed by atoms with van der Waals surface area (Å²) in [5, 5.41) is 0. The van der Waals surface area contributed by atoms with Gasteiger partial charge in [0.2, 0.25) is 0 Å². The monoisotopic (exact) mass is 331 g/mol. The van der Waals surface area contributed by atoms with Crippen molar-refractivity contribution in [3.05, 3.63) is 68.7 Å². The molecule has 0 aliphatic heterocycles. The summed E-state index contributed by atoms with van der Waals surface area (Å²) < 4.78 is 1.08. The topological polar surface area (TPSA) is 26.0 Å². The van der Waals surface area contributed by atoms with E-state index in [1.54, 1.807) is 0 Å². The Morgan fingerprint density at radius 2 is 1.75 bits per heavy atom. The largest absolute Gasteiger partial charge is 0.320 e. The van der Waals surface area contributed by atoms with Gasteiger partial charge in [0.1, 0.15) is 0 Å². The molecule has 0 saturated carbocycles. The Morgan fingerprint density at radius 1 is 1.00 bits per heavy atom. The van der Waals surface area contributed by atoms with E-state index < -0.39 is 0 Å². The first kappa shape index (κ1) is 15.3. The number of hydrogen-bond acceptors (Lipinski definition) is 1. The van der Waals surface area contributed by atoms with E-state index in [1.807, 2.05) is 0 Å². The minimum atomic E-state index is -0.0780. The lowest BCUT2D eigenvalue weighted by Gasteiger charge is -2.19. The molecule has 2 heteroatoms. The van der Waals surface area contributed by atoms with Gasteiger partial charge in [0, 0.05) is 4.47 Å². The van der Waals surface area contributed by atoms with Crippen LogP contribution in [0, 0.1) is 6.92 Å². The van der Waals surface area contributed by atoms with Crippen molar-refractivity contribution in [1.29, 1.82) is 0 Å². The van der Waals surface area contributed by atoms with Crippen molar-refractivity contribution in [3.8, 4) is 0 Å². The van der Waals surface area contributed by atoms with Gasteiger partial charge in [0.25, 0.3) is 0 Å². The third-order valence-corrected chi connectivity index (χ3v) is 4.54. The van der Waals surface area contributed by atoms with E-state index >= 15 is 0 Å². The molecular weight excluding hydrogens is 310 g/mol. The molecule has 0 amide bonds. The van der Waals surface area contributed by atoms with Crippen molar-refractivity contribution in [2.45, 2.75) is 39.7 Å². The average Bonchev–Trinajstić information content (AvgIpc) is 2.48. The Kier molecular flexibility index (Phi) is 5.00. The van der Waals surface area contributed by atoms with Crippen molar-refractivity contribution in [1.82, 2.24) is 0 Å². The Bertz CT molecular complexity index is 604. The molecule has 0 spiro atoms. The van der Waals surface area contributed by atoms with E-state index in [4.69, 9.17) is 5.73 Å². The Balaban J connectivity index is 2.51. The molecule has 0 fully saturated rings. The lowest BCUT2D eigenvalue weighted by Crippen LogP contribution is -2.15. The Hall–Kier alpha value is -1.12. The fourth-order valence-electron chi connectivity index (χ4n) is 2.54. The number of benzene rings is 2. The van der Waals surface area contributed by atoms with E-state index in [9.17, 15) is 0 Å². The van der Waals surface area contributed by atoms with Crippen LogP contribution in [0.25, 0.3) is 0 Å². The second-order valence-electron chi connectivity index (χ2n) is 5.24. The molecule has 0 saturated heterocycles. The van der Waals surface area contributed by atoms with E-state index in [-0.39, 0.29) is 6.04 Å². The van der Waals surface area contributed by atoms with Crippen LogP contribution in [0.15, 0.2) is 40.9 Å². The molecule has 0 radical (unpaired) electrons. The first-order chi connectivity index (χ1) is 9.56. The van der Waals surface area contributed by atoms with Crippen LogP contribution in [0.2, 0.25) is 0 Å². The highest BCUT2D eigenvalue weighted by atomic mass is 79.9. The molecule has 2 rings (SSSR count). The van der Waals surface area contributed by atoms with Gasteiger partial charge in [-0.3, -0.25) is 0 Å². The van der Waals surface area contributed by atoms with Crippen molar-refractivity contribution in [2.24, 2.45) is 5.73 Å². The minimum Gasteiger partial charge on any atom is -0.320 e. The maximum Gasteiger partial charge on any atom is 0.0565 e. The zero-order chi connectivity index (χ0) is 14.7. The van der Waals surface area contributed by atoms with Gasteiger partial charge in [-0.05, 0) is 48.1 Å². The zero-order valence-corrected chi connectivity index (χ0v) is 14.0. The second-order valence-corrected chi connectivity index (χ2v) is 6.10. The smallest absolute Gasteiger partial charge is 0.0565 e. The van der Waals surface area contributed by atoms with Gasteiger partial charge < -0.3 is 5.73 Å². The number of aryl methyl sites for hydroxylation is 3. The number of rotatable bonds is 4. The first-order valence-electron chi connectivity index (χ1n) is 7.20. The molecule has 0 aliphatic rings. The number of halogens is 1. The third kappa shape index (κ3) is 3.13. The Labute approximate surface area is 130 Å². The molecular formula is C18H22BrN. The van der Waals surface area contributed by atoms with Crippen LogP contribution < -0.4 is 5.73 Å². The summed E-state index contributed by atoms with van der Waals surface area (Å²) in [5.41, 5.74) is 12.9. The summed E-state index contributed by atoms with van der Waals surface area (Å²) >= 11 is 3.63. The van der Waals surface area contributed by atoms with Crippen LogP contribution in [-0.2, 0) is 12.8 Å². The summed E-state index contributed by atoms with van der Waals surface area (Å²) in [5.74, 6) is 0. The number of nitrogens with two attached hydrogens (primary N) is 1. The molecule has 0 aromatic heterocycles. The highest BCUT2D eigenvalue weighted by Gasteiger charge is 2.16. The summed E-state index contributed by atoms with van der Waals surface area (Å²) in [4.78, 5) is 0. The van der Waals surface area contributed by atoms with Gasteiger partial charge in [-0.2, -0.15) is 0 Å². The molecule has 1 unspecified atom stereocenters. The molecule has 2 aromatic carbocycles. The van der Waals surface area contributed by atoms with Gasteiger partial charge in [-0.15, -0.1) is 0 Å². The quantitative estimate of drug-likeness (QED) is 0.844. The molecule has 2 aromatic rings. The van der Waals surface area contributed by atoms with Crippen LogP contribution in [0.5, 0.6) is 0 Å². The number of hydrogen-bond donors (Lipinski definition) is 1. The lowest BCUT2D eigenvalue weighted by atomic mass is 9.91. The van der Waals surface area contributed by atoms with E-state index in [1.165, 1.54) is 22.3 Å². The fraction of sp³-hybridized carbons (Fsp3) is 0.333. The molecule has 0 bridgehead atoms. The highest BCUT2D eigenvalue weighted by Crippen LogP contribution is 2.30. The van der Waals surface area contributed by atoms with Gasteiger partial charge in [0.05, 0.1) is 6.04 Å². The fourth-order valence-corrected chi connectivity index (χ4v) is 3.04.